The van der Waals surface area contributed by atoms with Crippen molar-refractivity contribution in [2.45, 2.75) is 13.3 Å². The van der Waals surface area contributed by atoms with E-state index in [2.05, 4.69) is 30.3 Å². The minimum atomic E-state index is -0.0590. The Morgan fingerprint density at radius 1 is 1.63 bits per heavy atom. The summed E-state index contributed by atoms with van der Waals surface area (Å²) >= 11 is 3.18. The maximum Gasteiger partial charge on any atom is 0.262 e. The summed E-state index contributed by atoms with van der Waals surface area (Å²) in [7, 11) is 0. The number of aliphatic hydroxyl groups is 1. The Morgan fingerprint density at radius 2 is 2.42 bits per heavy atom. The van der Waals surface area contributed by atoms with E-state index in [4.69, 9.17) is 5.11 Å². The first-order valence-corrected chi connectivity index (χ1v) is 8.40. The van der Waals surface area contributed by atoms with Crippen molar-refractivity contribution >= 4 is 29.0 Å². The van der Waals surface area contributed by atoms with Crippen molar-refractivity contribution in [1.82, 2.24) is 5.32 Å². The highest BCUT2D eigenvalue weighted by Crippen LogP contribution is 2.16. The zero-order valence-electron chi connectivity index (χ0n) is 11.2. The quantitative estimate of drug-likeness (QED) is 0.792. The van der Waals surface area contributed by atoms with E-state index in [1.807, 2.05) is 11.4 Å². The Hall–Kier alpha value is -0.960. The van der Waals surface area contributed by atoms with Gasteiger partial charge in [-0.25, -0.2) is 0 Å². The predicted octanol–water partition coefficient (Wildman–Crippen LogP) is 2.21. The van der Waals surface area contributed by atoms with E-state index in [-0.39, 0.29) is 12.5 Å². The van der Waals surface area contributed by atoms with Gasteiger partial charge in [0.25, 0.3) is 5.91 Å². The van der Waals surface area contributed by atoms with Gasteiger partial charge in [0.2, 0.25) is 0 Å². The average molecular weight is 297 g/mol. The van der Waals surface area contributed by atoms with Crippen LogP contribution in [0.4, 0.5) is 0 Å². The van der Waals surface area contributed by atoms with E-state index in [1.54, 1.807) is 11.8 Å². The first-order chi connectivity index (χ1) is 9.19. The molecule has 0 aliphatic rings. The highest BCUT2D eigenvalue weighted by Gasteiger charge is 2.12. The van der Waals surface area contributed by atoms with Crippen molar-refractivity contribution < 1.29 is 9.90 Å². The topological polar surface area (TPSA) is 49.3 Å². The van der Waals surface area contributed by atoms with Crippen molar-refractivity contribution in [2.24, 2.45) is 5.92 Å². The fourth-order valence-electron chi connectivity index (χ4n) is 1.49. The molecule has 1 atom stereocenters. The Morgan fingerprint density at radius 3 is 3.11 bits per heavy atom. The standard InChI is InChI=1S/C14H19NO2S2/c1-11(10-18-2)9-15-14(17)13-12(6-8-19-13)5-3-4-7-16/h6,8,11,16H,4,7,9-10H2,1-2H3,(H,15,17). The van der Waals surface area contributed by atoms with Crippen molar-refractivity contribution in [3.8, 4) is 11.8 Å². The summed E-state index contributed by atoms with van der Waals surface area (Å²) in [6.45, 7) is 2.85. The van der Waals surface area contributed by atoms with E-state index in [1.165, 1.54) is 11.3 Å². The molecule has 5 heteroatoms. The molecule has 2 N–H and O–H groups in total. The number of thiophene rings is 1. The van der Waals surface area contributed by atoms with Gasteiger partial charge < -0.3 is 10.4 Å². The molecule has 1 rings (SSSR count). The summed E-state index contributed by atoms with van der Waals surface area (Å²) in [5.74, 6) is 7.20. The molecule has 104 valence electrons. The molecule has 19 heavy (non-hydrogen) atoms. The lowest BCUT2D eigenvalue weighted by Crippen LogP contribution is -2.28. The molecule has 0 aliphatic heterocycles. The zero-order valence-corrected chi connectivity index (χ0v) is 12.9. The van der Waals surface area contributed by atoms with Gasteiger partial charge in [0.05, 0.1) is 6.61 Å². The molecule has 1 heterocycles. The van der Waals surface area contributed by atoms with Crippen molar-refractivity contribution in [3.05, 3.63) is 21.9 Å². The molecule has 1 unspecified atom stereocenters. The van der Waals surface area contributed by atoms with E-state index in [9.17, 15) is 4.79 Å². The average Bonchev–Trinajstić information content (AvgIpc) is 2.85. The van der Waals surface area contributed by atoms with E-state index in [0.29, 0.717) is 23.8 Å². The first kappa shape index (κ1) is 16.1. The molecule has 0 radical (unpaired) electrons. The fraction of sp³-hybridized carbons (Fsp3) is 0.500. The molecule has 0 saturated heterocycles. The number of hydrogen-bond acceptors (Lipinski definition) is 4. The number of thioether (sulfide) groups is 1. The number of aliphatic hydroxyl groups excluding tert-OH is 1. The molecule has 0 bridgehead atoms. The highest BCUT2D eigenvalue weighted by atomic mass is 32.2. The number of nitrogens with one attached hydrogen (secondary N) is 1. The van der Waals surface area contributed by atoms with Gasteiger partial charge in [-0.2, -0.15) is 11.8 Å². The Bertz CT molecular complexity index is 460. The molecule has 3 nitrogen and oxygen atoms in total. The molecule has 0 fully saturated rings. The molecule has 1 aromatic heterocycles. The lowest BCUT2D eigenvalue weighted by atomic mass is 10.2. The van der Waals surface area contributed by atoms with Gasteiger partial charge in [0.1, 0.15) is 4.88 Å². The van der Waals surface area contributed by atoms with Gasteiger partial charge in [0, 0.05) is 18.5 Å². The van der Waals surface area contributed by atoms with Gasteiger partial charge in [-0.15, -0.1) is 11.3 Å². The van der Waals surface area contributed by atoms with Crippen LogP contribution < -0.4 is 5.32 Å². The van der Waals surface area contributed by atoms with Crippen LogP contribution in [0.1, 0.15) is 28.6 Å². The van der Waals surface area contributed by atoms with E-state index in [0.717, 1.165) is 11.3 Å². The fourth-order valence-corrected chi connectivity index (χ4v) is 2.94. The number of rotatable bonds is 6. The number of amides is 1. The second-order valence-electron chi connectivity index (χ2n) is 4.21. The van der Waals surface area contributed by atoms with Crippen molar-refractivity contribution in [3.63, 3.8) is 0 Å². The SMILES string of the molecule is CSCC(C)CNC(=O)c1sccc1C#CCCO. The van der Waals surface area contributed by atoms with Gasteiger partial charge >= 0.3 is 0 Å². The van der Waals surface area contributed by atoms with Crippen LogP contribution in [0.25, 0.3) is 0 Å². The van der Waals surface area contributed by atoms with Crippen LogP contribution in [-0.4, -0.2) is 36.2 Å². The smallest absolute Gasteiger partial charge is 0.262 e. The lowest BCUT2D eigenvalue weighted by molar-refractivity contribution is 0.0953. The maximum atomic E-state index is 12.0. The van der Waals surface area contributed by atoms with Gasteiger partial charge in [0.15, 0.2) is 0 Å². The summed E-state index contributed by atoms with van der Waals surface area (Å²) in [5, 5.41) is 13.5. The van der Waals surface area contributed by atoms with Crippen LogP contribution in [0.2, 0.25) is 0 Å². The third kappa shape index (κ3) is 5.68. The van der Waals surface area contributed by atoms with E-state index < -0.39 is 0 Å². The first-order valence-electron chi connectivity index (χ1n) is 6.13. The highest BCUT2D eigenvalue weighted by molar-refractivity contribution is 7.98. The molecule has 0 saturated carbocycles. The third-order valence-corrected chi connectivity index (χ3v) is 4.21. The number of carbonyl (C=O) groups is 1. The van der Waals surface area contributed by atoms with Gasteiger partial charge in [-0.1, -0.05) is 18.8 Å². The van der Waals surface area contributed by atoms with Crippen LogP contribution in [-0.2, 0) is 0 Å². The maximum absolute atomic E-state index is 12.0. The largest absolute Gasteiger partial charge is 0.395 e. The molecule has 0 aromatic carbocycles. The molecular formula is C14H19NO2S2. The van der Waals surface area contributed by atoms with Crippen LogP contribution in [0.3, 0.4) is 0 Å². The minimum absolute atomic E-state index is 0.0465. The van der Waals surface area contributed by atoms with Crippen molar-refractivity contribution in [2.75, 3.05) is 25.2 Å². The summed E-state index contributed by atoms with van der Waals surface area (Å²) < 4.78 is 0. The van der Waals surface area contributed by atoms with Crippen LogP contribution in [0.15, 0.2) is 11.4 Å². The molecular weight excluding hydrogens is 278 g/mol. The second-order valence-corrected chi connectivity index (χ2v) is 6.04. The Kier molecular flexibility index (Phi) is 7.65. The zero-order chi connectivity index (χ0) is 14.1. The summed E-state index contributed by atoms with van der Waals surface area (Å²) in [5.41, 5.74) is 0.744. The summed E-state index contributed by atoms with van der Waals surface area (Å²) in [6, 6.07) is 1.84. The lowest BCUT2D eigenvalue weighted by Gasteiger charge is -2.10. The van der Waals surface area contributed by atoms with Crippen LogP contribution in [0, 0.1) is 17.8 Å². The van der Waals surface area contributed by atoms with Crippen molar-refractivity contribution in [1.29, 1.82) is 0 Å². The van der Waals surface area contributed by atoms with E-state index >= 15 is 0 Å². The molecule has 0 aliphatic carbocycles. The summed E-state index contributed by atoms with van der Waals surface area (Å²) in [4.78, 5) is 12.7. The number of carbonyl (C=O) groups excluding carboxylic acids is 1. The predicted molar refractivity (Wildman–Crippen MR) is 82.8 cm³/mol. The summed E-state index contributed by atoms with van der Waals surface area (Å²) in [6.07, 6.45) is 2.49. The molecule has 1 amide bonds. The van der Waals surface area contributed by atoms with Gasteiger partial charge in [-0.05, 0) is 29.4 Å². The molecule has 0 spiro atoms. The third-order valence-electron chi connectivity index (χ3n) is 2.39. The van der Waals surface area contributed by atoms with Gasteiger partial charge in [-0.3, -0.25) is 4.79 Å². The normalized spacial score (nSPS) is 11.5. The van der Waals surface area contributed by atoms with Crippen LogP contribution in [0.5, 0.6) is 0 Å². The number of hydrogen-bond donors (Lipinski definition) is 2. The molecule has 1 aromatic rings. The van der Waals surface area contributed by atoms with Crippen LogP contribution >= 0.6 is 23.1 Å². The Balaban J connectivity index is 2.58. The Labute approximate surface area is 122 Å². The monoisotopic (exact) mass is 297 g/mol. The second kappa shape index (κ2) is 9.03. The minimum Gasteiger partial charge on any atom is -0.395 e.